The van der Waals surface area contributed by atoms with Crippen molar-refractivity contribution in [1.29, 1.82) is 0 Å². The first kappa shape index (κ1) is 19.8. The fraction of sp³-hybridized carbons (Fsp3) is 0.478. The van der Waals surface area contributed by atoms with E-state index in [1.54, 1.807) is 10.9 Å². The summed E-state index contributed by atoms with van der Waals surface area (Å²) in [5, 5.41) is 0.670. The van der Waals surface area contributed by atoms with Crippen molar-refractivity contribution in [2.45, 2.75) is 37.8 Å². The topological polar surface area (TPSA) is 70.4 Å². The van der Waals surface area contributed by atoms with Crippen molar-refractivity contribution in [1.82, 2.24) is 19.5 Å². The highest BCUT2D eigenvalue weighted by molar-refractivity contribution is 5.78. The molecule has 2 aromatic heterocycles. The molecule has 0 spiro atoms. The number of anilines is 3. The molecule has 0 amide bonds. The summed E-state index contributed by atoms with van der Waals surface area (Å²) in [5.41, 5.74) is 0.777. The van der Waals surface area contributed by atoms with E-state index in [-0.39, 0.29) is 5.56 Å². The zero-order chi connectivity index (χ0) is 21.5. The van der Waals surface area contributed by atoms with Gasteiger partial charge < -0.3 is 14.7 Å². The molecule has 8 heteroatoms. The van der Waals surface area contributed by atoms with Crippen LogP contribution in [0.4, 0.5) is 17.6 Å². The van der Waals surface area contributed by atoms with Crippen molar-refractivity contribution in [2.75, 3.05) is 41.9 Å². The minimum atomic E-state index is 0.0135. The molecule has 0 bridgehead atoms. The van der Waals surface area contributed by atoms with Gasteiger partial charge in [-0.2, -0.15) is 0 Å². The Bertz CT molecular complexity index is 1150. The average Bonchev–Trinajstić information content (AvgIpc) is 3.62. The van der Waals surface area contributed by atoms with Gasteiger partial charge in [0, 0.05) is 52.4 Å². The minimum Gasteiger partial charge on any atom is -0.363 e. The summed E-state index contributed by atoms with van der Waals surface area (Å²) in [6.45, 7) is 1.75. The normalized spacial score (nSPS) is 17.2. The van der Waals surface area contributed by atoms with Gasteiger partial charge in [-0.05, 0) is 37.8 Å². The first-order valence-corrected chi connectivity index (χ1v) is 11.0. The molecule has 3 heterocycles. The van der Waals surface area contributed by atoms with Crippen LogP contribution in [0.15, 0.2) is 41.5 Å². The number of hydrogen-bond acceptors (Lipinski definition) is 7. The van der Waals surface area contributed by atoms with Crippen molar-refractivity contribution in [3.63, 3.8) is 0 Å². The molecule has 1 saturated carbocycles. The summed E-state index contributed by atoms with van der Waals surface area (Å²) < 4.78 is 1.69. The number of benzene rings is 1. The molecule has 162 valence electrons. The van der Waals surface area contributed by atoms with Gasteiger partial charge in [-0.3, -0.25) is 9.36 Å². The highest BCUT2D eigenvalue weighted by Gasteiger charge is 2.37. The van der Waals surface area contributed by atoms with Crippen molar-refractivity contribution >= 4 is 28.5 Å². The highest BCUT2D eigenvalue weighted by atomic mass is 16.1. The molecule has 1 aliphatic heterocycles. The third kappa shape index (κ3) is 3.71. The first-order valence-electron chi connectivity index (χ1n) is 11.0. The molecule has 8 nitrogen and oxygen atoms in total. The van der Waals surface area contributed by atoms with Gasteiger partial charge in [0.15, 0.2) is 0 Å². The largest absolute Gasteiger partial charge is 0.363 e. The van der Waals surface area contributed by atoms with Gasteiger partial charge >= 0.3 is 0 Å². The predicted molar refractivity (Wildman–Crippen MR) is 124 cm³/mol. The number of hydrogen-bond donors (Lipinski definition) is 0. The molecule has 0 radical (unpaired) electrons. The summed E-state index contributed by atoms with van der Waals surface area (Å²) in [4.78, 5) is 33.4. The second kappa shape index (κ2) is 7.83. The molecule has 1 aromatic carbocycles. The van der Waals surface area contributed by atoms with Gasteiger partial charge in [0.05, 0.1) is 10.9 Å². The zero-order valence-corrected chi connectivity index (χ0v) is 18.4. The number of piperidine rings is 1. The second-order valence-electron chi connectivity index (χ2n) is 8.78. The Morgan fingerprint density at radius 3 is 2.35 bits per heavy atom. The Morgan fingerprint density at radius 1 is 0.968 bits per heavy atom. The summed E-state index contributed by atoms with van der Waals surface area (Å²) >= 11 is 0. The molecule has 3 aromatic rings. The monoisotopic (exact) mass is 419 g/mol. The lowest BCUT2D eigenvalue weighted by atomic mass is 10.0. The van der Waals surface area contributed by atoms with Crippen LogP contribution in [0.3, 0.4) is 0 Å². The molecule has 1 aliphatic carbocycles. The molecule has 0 N–H and O–H groups in total. The quantitative estimate of drug-likeness (QED) is 0.629. The maximum atomic E-state index is 12.8. The lowest BCUT2D eigenvalue weighted by Crippen LogP contribution is -2.47. The molecule has 0 unspecified atom stereocenters. The predicted octanol–water partition coefficient (Wildman–Crippen LogP) is 2.43. The number of fused-ring (bicyclic) bond motifs is 1. The van der Waals surface area contributed by atoms with Crippen molar-refractivity contribution in [3.8, 4) is 0 Å². The van der Waals surface area contributed by atoms with E-state index in [2.05, 4.69) is 25.8 Å². The van der Waals surface area contributed by atoms with Crippen LogP contribution in [0.1, 0.15) is 25.7 Å². The molecule has 5 rings (SSSR count). The van der Waals surface area contributed by atoms with E-state index < -0.39 is 0 Å². The molecule has 31 heavy (non-hydrogen) atoms. The first-order chi connectivity index (χ1) is 15.0. The third-order valence-electron chi connectivity index (χ3n) is 6.40. The maximum Gasteiger partial charge on any atom is 0.262 e. The molecule has 2 aliphatic rings. The van der Waals surface area contributed by atoms with Crippen molar-refractivity contribution in [2.24, 2.45) is 7.05 Å². The van der Waals surface area contributed by atoms with Gasteiger partial charge in [0.1, 0.15) is 18.0 Å². The number of para-hydroxylation sites is 1. The highest BCUT2D eigenvalue weighted by Crippen LogP contribution is 2.36. The Labute approximate surface area is 182 Å². The van der Waals surface area contributed by atoms with E-state index in [4.69, 9.17) is 4.98 Å². The molecular formula is C23H29N7O. The van der Waals surface area contributed by atoms with Crippen LogP contribution in [-0.4, -0.2) is 58.8 Å². The van der Waals surface area contributed by atoms with Crippen LogP contribution >= 0.6 is 0 Å². The Hall–Kier alpha value is -3.16. The maximum absolute atomic E-state index is 12.8. The molecule has 0 atom stereocenters. The average molecular weight is 420 g/mol. The van der Waals surface area contributed by atoms with E-state index in [0.717, 1.165) is 49.0 Å². The second-order valence-corrected chi connectivity index (χ2v) is 8.78. The number of aromatic nitrogens is 4. The van der Waals surface area contributed by atoms with Crippen LogP contribution in [0.5, 0.6) is 0 Å². The molecule has 2 fully saturated rings. The summed E-state index contributed by atoms with van der Waals surface area (Å²) in [5.74, 6) is 2.72. The van der Waals surface area contributed by atoms with Gasteiger partial charge in [0.2, 0.25) is 5.95 Å². The van der Waals surface area contributed by atoms with Crippen LogP contribution in [0, 0.1) is 0 Å². The fourth-order valence-corrected chi connectivity index (χ4v) is 4.58. The fourth-order valence-electron chi connectivity index (χ4n) is 4.58. The summed E-state index contributed by atoms with van der Waals surface area (Å²) in [6, 6.07) is 10.7. The van der Waals surface area contributed by atoms with Gasteiger partial charge in [-0.15, -0.1) is 0 Å². The minimum absolute atomic E-state index is 0.0135. The SMILES string of the molecule is CN(C)c1cc(N(C2CC2)C2CCN(c3nc4ccccc4c(=O)n3C)CC2)ncn1. The zero-order valence-electron chi connectivity index (χ0n) is 18.4. The lowest BCUT2D eigenvalue weighted by Gasteiger charge is -2.40. The van der Waals surface area contributed by atoms with E-state index in [1.807, 2.05) is 50.3 Å². The van der Waals surface area contributed by atoms with Crippen LogP contribution in [0.2, 0.25) is 0 Å². The van der Waals surface area contributed by atoms with Gasteiger partial charge in [-0.1, -0.05) is 12.1 Å². The molecular weight excluding hydrogens is 390 g/mol. The van der Waals surface area contributed by atoms with Crippen LogP contribution in [-0.2, 0) is 7.05 Å². The lowest BCUT2D eigenvalue weighted by molar-refractivity contribution is 0.452. The smallest absolute Gasteiger partial charge is 0.262 e. The molecule has 1 saturated heterocycles. The van der Waals surface area contributed by atoms with Gasteiger partial charge in [-0.25, -0.2) is 15.0 Å². The van der Waals surface area contributed by atoms with Gasteiger partial charge in [0.25, 0.3) is 5.56 Å². The van der Waals surface area contributed by atoms with E-state index in [1.165, 1.54) is 12.8 Å². The van der Waals surface area contributed by atoms with E-state index in [0.29, 0.717) is 17.5 Å². The van der Waals surface area contributed by atoms with E-state index in [9.17, 15) is 4.79 Å². The van der Waals surface area contributed by atoms with Crippen molar-refractivity contribution in [3.05, 3.63) is 47.0 Å². The van der Waals surface area contributed by atoms with Crippen LogP contribution in [0.25, 0.3) is 10.9 Å². The van der Waals surface area contributed by atoms with Crippen molar-refractivity contribution < 1.29 is 0 Å². The third-order valence-corrected chi connectivity index (χ3v) is 6.40. The summed E-state index contributed by atoms with van der Waals surface area (Å²) in [7, 11) is 5.84. The van der Waals surface area contributed by atoms with Crippen LogP contribution < -0.4 is 20.3 Å². The number of rotatable bonds is 5. The standard InChI is InChI=1S/C23H29N7O/c1-27(2)20-14-21(25-15-24-20)30(16-8-9-16)17-10-12-29(13-11-17)23-26-19-7-5-4-6-18(19)22(31)28(23)3/h4-7,14-17H,8-13H2,1-3H3. The Morgan fingerprint density at radius 2 is 1.65 bits per heavy atom. The Kier molecular flexibility index (Phi) is 5.00. The van der Waals surface area contributed by atoms with E-state index >= 15 is 0 Å². The summed E-state index contributed by atoms with van der Waals surface area (Å²) in [6.07, 6.45) is 6.15. The Balaban J connectivity index is 1.37. The number of nitrogens with zero attached hydrogens (tertiary/aromatic N) is 7.